The second kappa shape index (κ2) is 6.01. The molecule has 1 fully saturated rings. The van der Waals surface area contributed by atoms with Crippen molar-refractivity contribution in [3.63, 3.8) is 0 Å². The Bertz CT molecular complexity index is 450. The second-order valence-corrected chi connectivity index (χ2v) is 6.52. The number of hydrogen-bond acceptors (Lipinski definition) is 3. The Morgan fingerprint density at radius 2 is 2.26 bits per heavy atom. The van der Waals surface area contributed by atoms with Gasteiger partial charge in [0, 0.05) is 4.88 Å². The van der Waals surface area contributed by atoms with E-state index in [1.807, 2.05) is 11.4 Å². The highest BCUT2D eigenvalue weighted by atomic mass is 32.1. The van der Waals surface area contributed by atoms with Gasteiger partial charge in [0.1, 0.15) is 0 Å². The fourth-order valence-corrected chi connectivity index (χ4v) is 3.88. The number of hydrogen-bond donors (Lipinski definition) is 2. The maximum Gasteiger partial charge on any atom is 0.233 e. The number of nitrogens with two attached hydrogens (primary N) is 1. The highest BCUT2D eigenvalue weighted by molar-refractivity contribution is 7.80. The molecule has 0 spiro atoms. The van der Waals surface area contributed by atoms with E-state index in [9.17, 15) is 4.79 Å². The normalized spacial score (nSPS) is 19.0. The number of thiophene rings is 1. The van der Waals surface area contributed by atoms with Gasteiger partial charge in [-0.05, 0) is 30.7 Å². The molecule has 1 heterocycles. The lowest BCUT2D eigenvalue weighted by atomic mass is 9.84. The zero-order valence-electron chi connectivity index (χ0n) is 11.1. The van der Waals surface area contributed by atoms with Crippen molar-refractivity contribution in [1.82, 2.24) is 5.32 Å². The van der Waals surface area contributed by atoms with Crippen molar-refractivity contribution in [3.8, 4) is 0 Å². The van der Waals surface area contributed by atoms with Gasteiger partial charge in [-0.25, -0.2) is 0 Å². The van der Waals surface area contributed by atoms with E-state index in [-0.39, 0.29) is 11.9 Å². The van der Waals surface area contributed by atoms with Gasteiger partial charge in [0.2, 0.25) is 5.91 Å². The van der Waals surface area contributed by atoms with Crippen LogP contribution in [0.1, 0.15) is 49.9 Å². The molecular formula is C14H20N2OS2. The molecule has 0 radical (unpaired) electrons. The van der Waals surface area contributed by atoms with Crippen LogP contribution in [-0.4, -0.2) is 10.9 Å². The third-order valence-corrected chi connectivity index (χ3v) is 5.34. The second-order valence-electron chi connectivity index (χ2n) is 5.10. The quantitative estimate of drug-likeness (QED) is 0.821. The summed E-state index contributed by atoms with van der Waals surface area (Å²) in [6.45, 7) is 2.08. The van der Waals surface area contributed by atoms with E-state index >= 15 is 0 Å². The Morgan fingerprint density at radius 3 is 2.74 bits per heavy atom. The van der Waals surface area contributed by atoms with E-state index in [2.05, 4.69) is 18.3 Å². The van der Waals surface area contributed by atoms with E-state index in [1.54, 1.807) is 11.3 Å². The standard InChI is InChI=1S/C14H20N2OS2/c1-2-10(11-6-5-9-19-11)16-13(17)14(12(15)18)7-3-4-8-14/h5-6,9-10H,2-4,7-8H2,1H3,(H2,15,18)(H,16,17). The molecule has 3 nitrogen and oxygen atoms in total. The van der Waals surface area contributed by atoms with Crippen LogP contribution in [0, 0.1) is 5.41 Å². The van der Waals surface area contributed by atoms with Crippen LogP contribution in [0.5, 0.6) is 0 Å². The van der Waals surface area contributed by atoms with Gasteiger partial charge in [-0.15, -0.1) is 11.3 Å². The van der Waals surface area contributed by atoms with Crippen molar-refractivity contribution >= 4 is 34.5 Å². The first kappa shape index (κ1) is 14.5. The summed E-state index contributed by atoms with van der Waals surface area (Å²) in [5.41, 5.74) is 5.23. The highest BCUT2D eigenvalue weighted by Crippen LogP contribution is 2.39. The fraction of sp³-hybridized carbons (Fsp3) is 0.571. The monoisotopic (exact) mass is 296 g/mol. The van der Waals surface area contributed by atoms with E-state index in [0.717, 1.165) is 32.1 Å². The van der Waals surface area contributed by atoms with Crippen molar-refractivity contribution in [3.05, 3.63) is 22.4 Å². The van der Waals surface area contributed by atoms with Gasteiger partial charge in [0.15, 0.2) is 0 Å². The number of carbonyl (C=O) groups excluding carboxylic acids is 1. The number of carbonyl (C=O) groups is 1. The summed E-state index contributed by atoms with van der Waals surface area (Å²) in [5, 5.41) is 5.17. The molecule has 1 amide bonds. The number of thiocarbonyl (C=S) groups is 1. The van der Waals surface area contributed by atoms with Gasteiger partial charge >= 0.3 is 0 Å². The summed E-state index contributed by atoms with van der Waals surface area (Å²) < 4.78 is 0. The first-order valence-corrected chi connectivity index (χ1v) is 8.03. The Labute approximate surface area is 123 Å². The molecule has 19 heavy (non-hydrogen) atoms. The van der Waals surface area contributed by atoms with Gasteiger partial charge in [-0.1, -0.05) is 38.0 Å². The molecule has 1 saturated carbocycles. The third kappa shape index (κ3) is 2.82. The van der Waals surface area contributed by atoms with Crippen LogP contribution in [0.2, 0.25) is 0 Å². The Morgan fingerprint density at radius 1 is 1.58 bits per heavy atom. The van der Waals surface area contributed by atoms with Crippen LogP contribution < -0.4 is 11.1 Å². The lowest BCUT2D eigenvalue weighted by molar-refractivity contribution is -0.128. The van der Waals surface area contributed by atoms with Crippen molar-refractivity contribution in [2.45, 2.75) is 45.1 Å². The average molecular weight is 296 g/mol. The predicted molar refractivity (Wildman–Crippen MR) is 83.2 cm³/mol. The lowest BCUT2D eigenvalue weighted by Gasteiger charge is -2.28. The molecule has 0 saturated heterocycles. The summed E-state index contributed by atoms with van der Waals surface area (Å²) in [4.78, 5) is 14.1. The average Bonchev–Trinajstić information content (AvgIpc) is 3.06. The number of amides is 1. The van der Waals surface area contributed by atoms with Crippen LogP contribution in [0.15, 0.2) is 17.5 Å². The minimum Gasteiger partial charge on any atom is -0.392 e. The van der Waals surface area contributed by atoms with E-state index in [0.29, 0.717) is 4.99 Å². The summed E-state index contributed by atoms with van der Waals surface area (Å²) in [5.74, 6) is 0.0118. The molecule has 1 aliphatic rings. The first-order chi connectivity index (χ1) is 9.10. The molecule has 104 valence electrons. The zero-order chi connectivity index (χ0) is 13.9. The minimum absolute atomic E-state index is 0.0118. The van der Waals surface area contributed by atoms with Crippen molar-refractivity contribution in [1.29, 1.82) is 0 Å². The van der Waals surface area contributed by atoms with Crippen LogP contribution in [0.25, 0.3) is 0 Å². The minimum atomic E-state index is -0.611. The van der Waals surface area contributed by atoms with Crippen LogP contribution in [0.4, 0.5) is 0 Å². The molecule has 1 aliphatic carbocycles. The van der Waals surface area contributed by atoms with Gasteiger partial charge in [0.05, 0.1) is 16.4 Å². The van der Waals surface area contributed by atoms with Gasteiger partial charge in [-0.3, -0.25) is 4.79 Å². The maximum atomic E-state index is 12.6. The number of rotatable bonds is 5. The molecule has 1 aromatic heterocycles. The van der Waals surface area contributed by atoms with Crippen LogP contribution in [-0.2, 0) is 4.79 Å². The van der Waals surface area contributed by atoms with Crippen LogP contribution >= 0.6 is 23.6 Å². The highest BCUT2D eigenvalue weighted by Gasteiger charge is 2.44. The summed E-state index contributed by atoms with van der Waals surface area (Å²) in [7, 11) is 0. The first-order valence-electron chi connectivity index (χ1n) is 6.74. The molecule has 0 bridgehead atoms. The molecule has 1 atom stereocenters. The molecule has 2 rings (SSSR count). The maximum absolute atomic E-state index is 12.6. The third-order valence-electron chi connectivity index (χ3n) is 3.96. The number of nitrogens with one attached hydrogen (secondary N) is 1. The smallest absolute Gasteiger partial charge is 0.233 e. The lowest BCUT2D eigenvalue weighted by Crippen LogP contribution is -2.48. The molecular weight excluding hydrogens is 276 g/mol. The largest absolute Gasteiger partial charge is 0.392 e. The predicted octanol–water partition coefficient (Wildman–Crippen LogP) is 3.16. The van der Waals surface area contributed by atoms with Gasteiger partial charge < -0.3 is 11.1 Å². The zero-order valence-corrected chi connectivity index (χ0v) is 12.8. The van der Waals surface area contributed by atoms with Crippen molar-refractivity contribution in [2.24, 2.45) is 11.1 Å². The molecule has 5 heteroatoms. The molecule has 0 aliphatic heterocycles. The molecule has 1 unspecified atom stereocenters. The summed E-state index contributed by atoms with van der Waals surface area (Å²) in [6.07, 6.45) is 4.50. The van der Waals surface area contributed by atoms with E-state index < -0.39 is 5.41 Å². The Balaban J connectivity index is 2.13. The van der Waals surface area contributed by atoms with Crippen molar-refractivity contribution < 1.29 is 4.79 Å². The Kier molecular flexibility index (Phi) is 4.58. The summed E-state index contributed by atoms with van der Waals surface area (Å²) in [6, 6.07) is 4.13. The van der Waals surface area contributed by atoms with Crippen molar-refractivity contribution in [2.75, 3.05) is 0 Å². The molecule has 1 aromatic rings. The van der Waals surface area contributed by atoms with Crippen LogP contribution in [0.3, 0.4) is 0 Å². The topological polar surface area (TPSA) is 55.1 Å². The molecule has 0 aromatic carbocycles. The SMILES string of the molecule is CCC(NC(=O)C1(C(N)=S)CCCC1)c1cccs1. The Hall–Kier alpha value is -0.940. The van der Waals surface area contributed by atoms with Gasteiger partial charge in [0.25, 0.3) is 0 Å². The van der Waals surface area contributed by atoms with Gasteiger partial charge in [-0.2, -0.15) is 0 Å². The summed E-state index contributed by atoms with van der Waals surface area (Å²) >= 11 is 6.82. The molecule has 3 N–H and O–H groups in total. The van der Waals surface area contributed by atoms with E-state index in [4.69, 9.17) is 18.0 Å². The fourth-order valence-electron chi connectivity index (χ4n) is 2.72. The van der Waals surface area contributed by atoms with E-state index in [1.165, 1.54) is 4.88 Å².